The highest BCUT2D eigenvalue weighted by atomic mass is 16.5. The van der Waals surface area contributed by atoms with Crippen molar-refractivity contribution in [3.8, 4) is 0 Å². The first kappa shape index (κ1) is 15.9. The molecule has 0 aliphatic carbocycles. The largest absolute Gasteiger partial charge is 0.377 e. The maximum absolute atomic E-state index is 11.5. The van der Waals surface area contributed by atoms with Crippen LogP contribution in [0.1, 0.15) is 45.6 Å². The van der Waals surface area contributed by atoms with E-state index in [-0.39, 0.29) is 5.92 Å². The summed E-state index contributed by atoms with van der Waals surface area (Å²) >= 11 is 0. The smallest absolute Gasteiger partial charge is 0.135 e. The second-order valence-electron chi connectivity index (χ2n) is 5.59. The van der Waals surface area contributed by atoms with Gasteiger partial charge in [-0.1, -0.05) is 51.1 Å². The van der Waals surface area contributed by atoms with Gasteiger partial charge in [-0.05, 0) is 24.3 Å². The van der Waals surface area contributed by atoms with Crippen LogP contribution in [0.2, 0.25) is 0 Å². The van der Waals surface area contributed by atoms with Gasteiger partial charge in [0.05, 0.1) is 6.61 Å². The molecule has 0 aromatic heterocycles. The van der Waals surface area contributed by atoms with Crippen LogP contribution in [0, 0.1) is 11.8 Å². The molecule has 0 bridgehead atoms. The number of hydrogen-bond acceptors (Lipinski definition) is 2. The molecule has 0 fully saturated rings. The van der Waals surface area contributed by atoms with E-state index in [1.165, 1.54) is 5.56 Å². The average molecular weight is 262 g/mol. The number of Topliss-reactive ketones (excluding diaryl/α,β-unsaturated/α-hetero) is 1. The zero-order chi connectivity index (χ0) is 14.1. The second-order valence-corrected chi connectivity index (χ2v) is 5.59. The predicted octanol–water partition coefficient (Wildman–Crippen LogP) is 4.23. The molecule has 1 aromatic carbocycles. The fourth-order valence-electron chi connectivity index (χ4n) is 1.87. The molecule has 2 heteroatoms. The van der Waals surface area contributed by atoms with Crippen LogP contribution in [0.25, 0.3) is 0 Å². The molecule has 0 amide bonds. The normalized spacial score (nSPS) is 12.6. The summed E-state index contributed by atoms with van der Waals surface area (Å²) in [5.41, 5.74) is 1.21. The number of hydrogen-bond donors (Lipinski definition) is 0. The number of carbonyl (C=O) groups excluding carboxylic acids is 1. The Morgan fingerprint density at radius 3 is 2.42 bits per heavy atom. The Balaban J connectivity index is 2.07. The van der Waals surface area contributed by atoms with E-state index in [0.717, 1.165) is 19.4 Å². The Labute approximate surface area is 117 Å². The number of carbonyl (C=O) groups is 1. The summed E-state index contributed by atoms with van der Waals surface area (Å²) in [7, 11) is 0. The monoisotopic (exact) mass is 262 g/mol. The van der Waals surface area contributed by atoms with Crippen LogP contribution >= 0.6 is 0 Å². The molecule has 19 heavy (non-hydrogen) atoms. The van der Waals surface area contributed by atoms with Crippen molar-refractivity contribution in [3.05, 3.63) is 35.9 Å². The Morgan fingerprint density at radius 1 is 1.11 bits per heavy atom. The first-order valence-electron chi connectivity index (χ1n) is 7.24. The Hall–Kier alpha value is -1.15. The van der Waals surface area contributed by atoms with Gasteiger partial charge < -0.3 is 4.74 Å². The standard InChI is InChI=1S/C17H26O2/c1-14(2)17(18)10-9-15(3)11-12-19-13-16-7-5-4-6-8-16/h4-8,14-15H,9-13H2,1-3H3/t15-/m1/s1. The lowest BCUT2D eigenvalue weighted by atomic mass is 9.97. The van der Waals surface area contributed by atoms with E-state index in [2.05, 4.69) is 19.1 Å². The molecule has 1 atom stereocenters. The highest BCUT2D eigenvalue weighted by Gasteiger charge is 2.09. The summed E-state index contributed by atoms with van der Waals surface area (Å²) in [6.07, 6.45) is 2.71. The van der Waals surface area contributed by atoms with Crippen molar-refractivity contribution < 1.29 is 9.53 Å². The maximum atomic E-state index is 11.5. The molecule has 1 aromatic rings. The third-order valence-corrected chi connectivity index (χ3v) is 3.39. The molecule has 1 rings (SSSR count). The van der Waals surface area contributed by atoms with Gasteiger partial charge in [-0.15, -0.1) is 0 Å². The molecule has 0 heterocycles. The Morgan fingerprint density at radius 2 is 1.79 bits per heavy atom. The lowest BCUT2D eigenvalue weighted by Gasteiger charge is -2.12. The van der Waals surface area contributed by atoms with E-state index in [4.69, 9.17) is 4.74 Å². The summed E-state index contributed by atoms with van der Waals surface area (Å²) in [6, 6.07) is 10.2. The van der Waals surface area contributed by atoms with Gasteiger partial charge in [0.15, 0.2) is 0 Å². The van der Waals surface area contributed by atoms with Crippen LogP contribution in [0.3, 0.4) is 0 Å². The highest BCUT2D eigenvalue weighted by molar-refractivity contribution is 5.80. The summed E-state index contributed by atoms with van der Waals surface area (Å²) < 4.78 is 5.66. The number of benzene rings is 1. The van der Waals surface area contributed by atoms with Gasteiger partial charge in [-0.25, -0.2) is 0 Å². The Bertz CT molecular complexity index is 357. The van der Waals surface area contributed by atoms with E-state index in [1.54, 1.807) is 0 Å². The predicted molar refractivity (Wildman–Crippen MR) is 79.0 cm³/mol. The zero-order valence-corrected chi connectivity index (χ0v) is 12.4. The first-order valence-corrected chi connectivity index (χ1v) is 7.24. The summed E-state index contributed by atoms with van der Waals surface area (Å²) in [4.78, 5) is 11.5. The molecular weight excluding hydrogens is 236 g/mol. The third kappa shape index (κ3) is 7.12. The van der Waals surface area contributed by atoms with Gasteiger partial charge in [-0.2, -0.15) is 0 Å². The van der Waals surface area contributed by atoms with E-state index in [0.29, 0.717) is 24.7 Å². The van der Waals surface area contributed by atoms with E-state index in [1.807, 2.05) is 32.0 Å². The van der Waals surface area contributed by atoms with Crippen LogP contribution in [0.4, 0.5) is 0 Å². The van der Waals surface area contributed by atoms with Gasteiger partial charge in [0.25, 0.3) is 0 Å². The van der Waals surface area contributed by atoms with Crippen molar-refractivity contribution in [2.75, 3.05) is 6.61 Å². The molecule has 0 radical (unpaired) electrons. The average Bonchev–Trinajstić information content (AvgIpc) is 2.42. The van der Waals surface area contributed by atoms with Crippen molar-refractivity contribution in [1.29, 1.82) is 0 Å². The van der Waals surface area contributed by atoms with Gasteiger partial charge in [0.2, 0.25) is 0 Å². The van der Waals surface area contributed by atoms with Crippen molar-refractivity contribution in [2.45, 2.75) is 46.6 Å². The maximum Gasteiger partial charge on any atom is 0.135 e. The molecule has 0 aliphatic rings. The molecule has 0 unspecified atom stereocenters. The second kappa shape index (κ2) is 8.87. The first-order chi connectivity index (χ1) is 9.09. The molecule has 0 spiro atoms. The third-order valence-electron chi connectivity index (χ3n) is 3.39. The number of ketones is 1. The van der Waals surface area contributed by atoms with Crippen LogP contribution in [-0.4, -0.2) is 12.4 Å². The molecule has 0 N–H and O–H groups in total. The zero-order valence-electron chi connectivity index (χ0n) is 12.4. The van der Waals surface area contributed by atoms with Gasteiger partial charge in [0.1, 0.15) is 5.78 Å². The van der Waals surface area contributed by atoms with E-state index < -0.39 is 0 Å². The van der Waals surface area contributed by atoms with Gasteiger partial charge in [0, 0.05) is 18.9 Å². The van der Waals surface area contributed by atoms with Crippen molar-refractivity contribution in [2.24, 2.45) is 11.8 Å². The van der Waals surface area contributed by atoms with Crippen LogP contribution in [-0.2, 0) is 16.1 Å². The summed E-state index contributed by atoms with van der Waals surface area (Å²) in [5, 5.41) is 0. The van der Waals surface area contributed by atoms with Crippen molar-refractivity contribution in [1.82, 2.24) is 0 Å². The fraction of sp³-hybridized carbons (Fsp3) is 0.588. The lowest BCUT2D eigenvalue weighted by Crippen LogP contribution is -2.10. The molecule has 0 saturated heterocycles. The van der Waals surface area contributed by atoms with Crippen LogP contribution in [0.15, 0.2) is 30.3 Å². The topological polar surface area (TPSA) is 26.3 Å². The molecule has 0 saturated carbocycles. The number of rotatable bonds is 9. The fourth-order valence-corrected chi connectivity index (χ4v) is 1.87. The number of ether oxygens (including phenoxy) is 1. The summed E-state index contributed by atoms with van der Waals surface area (Å²) in [6.45, 7) is 7.58. The van der Waals surface area contributed by atoms with Gasteiger partial charge in [-0.3, -0.25) is 4.79 Å². The van der Waals surface area contributed by atoms with Crippen molar-refractivity contribution >= 4 is 5.78 Å². The minimum absolute atomic E-state index is 0.168. The van der Waals surface area contributed by atoms with Crippen molar-refractivity contribution in [3.63, 3.8) is 0 Å². The molecule has 0 aliphatic heterocycles. The van der Waals surface area contributed by atoms with Crippen LogP contribution < -0.4 is 0 Å². The summed E-state index contributed by atoms with van der Waals surface area (Å²) in [5.74, 6) is 1.09. The molecular formula is C17H26O2. The quantitative estimate of drug-likeness (QED) is 0.622. The van der Waals surface area contributed by atoms with Gasteiger partial charge >= 0.3 is 0 Å². The van der Waals surface area contributed by atoms with E-state index in [9.17, 15) is 4.79 Å². The highest BCUT2D eigenvalue weighted by Crippen LogP contribution is 2.13. The minimum atomic E-state index is 0.168. The van der Waals surface area contributed by atoms with E-state index >= 15 is 0 Å². The molecule has 106 valence electrons. The SMILES string of the molecule is CC(C)C(=O)CC[C@@H](C)CCOCc1ccccc1. The Kier molecular flexibility index (Phi) is 7.42. The minimum Gasteiger partial charge on any atom is -0.377 e. The van der Waals surface area contributed by atoms with Crippen LogP contribution in [0.5, 0.6) is 0 Å². The lowest BCUT2D eigenvalue weighted by molar-refractivity contribution is -0.122. The molecule has 2 nitrogen and oxygen atoms in total.